The summed E-state index contributed by atoms with van der Waals surface area (Å²) in [7, 11) is 0. The summed E-state index contributed by atoms with van der Waals surface area (Å²) >= 11 is 4.75. The van der Waals surface area contributed by atoms with Gasteiger partial charge in [-0.2, -0.15) is 0 Å². The van der Waals surface area contributed by atoms with Crippen LogP contribution in [-0.4, -0.2) is 26.4 Å². The highest BCUT2D eigenvalue weighted by Gasteiger charge is 2.18. The number of para-hydroxylation sites is 1. The number of allylic oxidation sites excluding steroid dienone is 1. The molecule has 4 aromatic rings. The van der Waals surface area contributed by atoms with Crippen LogP contribution in [0.3, 0.4) is 0 Å². The predicted molar refractivity (Wildman–Crippen MR) is 124 cm³/mol. The van der Waals surface area contributed by atoms with Gasteiger partial charge in [-0.05, 0) is 42.8 Å². The van der Waals surface area contributed by atoms with Crippen LogP contribution in [0.15, 0.2) is 75.2 Å². The van der Waals surface area contributed by atoms with Crippen molar-refractivity contribution in [3.8, 4) is 11.6 Å². The smallest absolute Gasteiger partial charge is 0.234 e. The van der Waals surface area contributed by atoms with Gasteiger partial charge >= 0.3 is 0 Å². The first-order valence-corrected chi connectivity index (χ1v) is 11.0. The Morgan fingerprint density at radius 2 is 2.10 bits per heavy atom. The molecule has 1 amide bonds. The number of furan rings is 1. The van der Waals surface area contributed by atoms with E-state index in [0.717, 1.165) is 26.7 Å². The van der Waals surface area contributed by atoms with E-state index in [1.165, 1.54) is 11.8 Å². The Kier molecular flexibility index (Phi) is 6.06. The van der Waals surface area contributed by atoms with Gasteiger partial charge in [0.25, 0.3) is 0 Å². The number of amides is 1. The fourth-order valence-electron chi connectivity index (χ4n) is 3.05. The molecule has 4 rings (SSSR count). The summed E-state index contributed by atoms with van der Waals surface area (Å²) in [5.41, 5.74) is 2.57. The summed E-state index contributed by atoms with van der Waals surface area (Å²) in [6.07, 6.45) is 1.77. The minimum Gasteiger partial charge on any atom is -0.453 e. The van der Waals surface area contributed by atoms with E-state index in [2.05, 4.69) is 38.0 Å². The van der Waals surface area contributed by atoms with Gasteiger partial charge in [0, 0.05) is 22.1 Å². The van der Waals surface area contributed by atoms with Crippen molar-refractivity contribution in [3.05, 3.63) is 71.2 Å². The first kappa shape index (κ1) is 20.4. The highest BCUT2D eigenvalue weighted by atomic mass is 79.9. The number of nitrogens with one attached hydrogen (secondary N) is 1. The maximum absolute atomic E-state index is 12.4. The van der Waals surface area contributed by atoms with E-state index >= 15 is 0 Å². The van der Waals surface area contributed by atoms with Crippen LogP contribution in [0.1, 0.15) is 5.56 Å². The van der Waals surface area contributed by atoms with E-state index in [1.807, 2.05) is 60.0 Å². The topological polar surface area (TPSA) is 73.0 Å². The third-order valence-electron chi connectivity index (χ3n) is 4.47. The lowest BCUT2D eigenvalue weighted by Gasteiger charge is -2.09. The molecule has 0 fully saturated rings. The highest BCUT2D eigenvalue weighted by Crippen LogP contribution is 2.29. The minimum atomic E-state index is -0.108. The number of nitrogens with zero attached hydrogens (tertiary/aromatic N) is 3. The summed E-state index contributed by atoms with van der Waals surface area (Å²) in [5, 5.41) is 13.1. The Hall–Kier alpha value is -2.84. The van der Waals surface area contributed by atoms with E-state index in [9.17, 15) is 4.79 Å². The molecule has 30 heavy (non-hydrogen) atoms. The van der Waals surface area contributed by atoms with Crippen LogP contribution in [0, 0.1) is 6.92 Å². The number of carbonyl (C=O) groups is 1. The number of fused-ring (bicyclic) bond motifs is 1. The number of benzene rings is 2. The lowest BCUT2D eigenvalue weighted by molar-refractivity contribution is -0.113. The highest BCUT2D eigenvalue weighted by molar-refractivity contribution is 9.10. The van der Waals surface area contributed by atoms with E-state index in [-0.39, 0.29) is 11.7 Å². The van der Waals surface area contributed by atoms with Gasteiger partial charge in [0.2, 0.25) is 11.7 Å². The lowest BCUT2D eigenvalue weighted by atomic mass is 10.2. The van der Waals surface area contributed by atoms with Crippen molar-refractivity contribution in [2.45, 2.75) is 18.6 Å². The molecule has 2 aromatic heterocycles. The van der Waals surface area contributed by atoms with Crippen LogP contribution < -0.4 is 5.32 Å². The molecule has 0 aliphatic carbocycles. The molecule has 0 radical (unpaired) electrons. The van der Waals surface area contributed by atoms with Crippen LogP contribution in [0.5, 0.6) is 0 Å². The van der Waals surface area contributed by atoms with Gasteiger partial charge in [-0.1, -0.05) is 52.0 Å². The summed E-state index contributed by atoms with van der Waals surface area (Å²) in [6.45, 7) is 6.28. The number of anilines is 1. The van der Waals surface area contributed by atoms with Gasteiger partial charge in [0.05, 0.1) is 5.75 Å². The van der Waals surface area contributed by atoms with Crippen molar-refractivity contribution in [1.29, 1.82) is 0 Å². The fourth-order valence-corrected chi connectivity index (χ4v) is 4.27. The molecule has 2 aromatic carbocycles. The molecule has 8 heteroatoms. The third kappa shape index (κ3) is 4.34. The summed E-state index contributed by atoms with van der Waals surface area (Å²) < 4.78 is 8.80. The number of rotatable bonds is 7. The molecule has 2 heterocycles. The third-order valence-corrected chi connectivity index (χ3v) is 5.93. The molecule has 152 valence electrons. The number of hydrogen-bond acceptors (Lipinski definition) is 5. The fraction of sp³-hybridized carbons (Fsp3) is 0.136. The largest absolute Gasteiger partial charge is 0.453 e. The Morgan fingerprint density at radius 1 is 1.27 bits per heavy atom. The van der Waals surface area contributed by atoms with E-state index in [0.29, 0.717) is 23.3 Å². The number of halogens is 1. The molecule has 0 atom stereocenters. The van der Waals surface area contributed by atoms with Crippen LogP contribution >= 0.6 is 27.7 Å². The zero-order valence-corrected chi connectivity index (χ0v) is 18.7. The van der Waals surface area contributed by atoms with E-state index in [4.69, 9.17) is 4.42 Å². The zero-order chi connectivity index (χ0) is 21.1. The standard InChI is InChI=1S/C22H19BrN4O2S/c1-3-10-27-21(19-12-15-6-4-5-7-18(15)29-19)25-26-22(27)30-13-20(28)24-17-9-8-16(23)11-14(17)2/h3-9,11-12H,1,10,13H2,2H3,(H,24,28). The SMILES string of the molecule is C=CCn1c(SCC(=O)Nc2ccc(Br)cc2C)nnc1-c1cc2ccccc2o1. The van der Waals surface area contributed by atoms with Crippen LogP contribution in [-0.2, 0) is 11.3 Å². The maximum Gasteiger partial charge on any atom is 0.234 e. The average molecular weight is 483 g/mol. The number of aryl methyl sites for hydroxylation is 1. The molecule has 0 unspecified atom stereocenters. The molecule has 0 spiro atoms. The van der Waals surface area contributed by atoms with Crippen LogP contribution in [0.4, 0.5) is 5.69 Å². The quantitative estimate of drug-likeness (QED) is 0.271. The predicted octanol–water partition coefficient (Wildman–Crippen LogP) is 5.68. The normalized spacial score (nSPS) is 11.0. The Bertz CT molecular complexity index is 1200. The van der Waals surface area contributed by atoms with Gasteiger partial charge in [-0.25, -0.2) is 0 Å². The average Bonchev–Trinajstić information content (AvgIpc) is 3.32. The maximum atomic E-state index is 12.4. The summed E-state index contributed by atoms with van der Waals surface area (Å²) in [5.74, 6) is 1.35. The summed E-state index contributed by atoms with van der Waals surface area (Å²) in [6, 6.07) is 15.5. The van der Waals surface area contributed by atoms with Gasteiger partial charge in [0.1, 0.15) is 5.58 Å². The number of aromatic nitrogens is 3. The second-order valence-corrected chi connectivity index (χ2v) is 8.51. The minimum absolute atomic E-state index is 0.108. The van der Waals surface area contributed by atoms with Crippen molar-refractivity contribution in [3.63, 3.8) is 0 Å². The molecule has 0 aliphatic heterocycles. The van der Waals surface area contributed by atoms with Crippen molar-refractivity contribution in [2.24, 2.45) is 0 Å². The Morgan fingerprint density at radius 3 is 2.87 bits per heavy atom. The van der Waals surface area contributed by atoms with Crippen molar-refractivity contribution < 1.29 is 9.21 Å². The first-order valence-electron chi connectivity index (χ1n) is 9.27. The lowest BCUT2D eigenvalue weighted by Crippen LogP contribution is -2.15. The van der Waals surface area contributed by atoms with Crippen molar-refractivity contribution in [1.82, 2.24) is 14.8 Å². The van der Waals surface area contributed by atoms with Crippen molar-refractivity contribution in [2.75, 3.05) is 11.1 Å². The van der Waals surface area contributed by atoms with E-state index < -0.39 is 0 Å². The van der Waals surface area contributed by atoms with E-state index in [1.54, 1.807) is 6.08 Å². The van der Waals surface area contributed by atoms with Gasteiger partial charge in [0.15, 0.2) is 10.9 Å². The zero-order valence-electron chi connectivity index (χ0n) is 16.3. The van der Waals surface area contributed by atoms with Crippen LogP contribution in [0.2, 0.25) is 0 Å². The number of hydrogen-bond donors (Lipinski definition) is 1. The number of carbonyl (C=O) groups excluding carboxylic acids is 1. The molecule has 0 aliphatic rings. The molecular formula is C22H19BrN4O2S. The Balaban J connectivity index is 1.51. The second-order valence-electron chi connectivity index (χ2n) is 6.65. The molecule has 1 N–H and O–H groups in total. The van der Waals surface area contributed by atoms with Gasteiger partial charge < -0.3 is 9.73 Å². The summed E-state index contributed by atoms with van der Waals surface area (Å²) in [4.78, 5) is 12.4. The van der Waals surface area contributed by atoms with Crippen molar-refractivity contribution >= 4 is 50.3 Å². The van der Waals surface area contributed by atoms with Gasteiger partial charge in [-0.15, -0.1) is 16.8 Å². The molecular weight excluding hydrogens is 464 g/mol. The molecule has 0 saturated heterocycles. The molecule has 6 nitrogen and oxygen atoms in total. The van der Waals surface area contributed by atoms with Gasteiger partial charge in [-0.3, -0.25) is 9.36 Å². The Labute approximate surface area is 186 Å². The van der Waals surface area contributed by atoms with Crippen LogP contribution in [0.25, 0.3) is 22.6 Å². The molecule has 0 saturated carbocycles. The second kappa shape index (κ2) is 8.89. The number of thioether (sulfide) groups is 1. The molecule has 0 bridgehead atoms. The first-order chi connectivity index (χ1) is 14.5. The monoisotopic (exact) mass is 482 g/mol.